The minimum atomic E-state index is -1.81. The molecule has 77 heavy (non-hydrogen) atoms. The van der Waals surface area contributed by atoms with Crippen LogP contribution in [0.2, 0.25) is 0 Å². The number of benzene rings is 1. The van der Waals surface area contributed by atoms with Crippen molar-refractivity contribution in [1.82, 2.24) is 67.1 Å². The standard InChI is InChI=1S/C48H67N17O10S2/c1-22-35(62-42(65-40(22)51)29(16-33(50)67)57-17-28(49)41(52)70)46(74)64-37(39(69)30-18-53-21-58-30)47(75)59-25(4)38(68)23(2)43(71)63-36(26(5)66)45(73)56-15-12-34-60-32(20-76-34)48-61-31(19-77-48)44(72)55-14-9-13-54-24(3)27-10-7-6-8-11-27/h6-8,10-11,18-21,23-26,28-29,36-39,54,57,66,68-69H,9,12-17,49H2,1-5H3,(H2,50,67)(H2,52,70)(H,53,58)(H,55,72)(H,56,73)(H,59,75)(H,63,71)(H,64,74)(H2,51,62,65). The molecule has 10 atom stereocenters. The van der Waals surface area contributed by atoms with Crippen LogP contribution in [0.1, 0.15) is 107 Å². The van der Waals surface area contributed by atoms with E-state index in [4.69, 9.17) is 22.9 Å². The van der Waals surface area contributed by atoms with E-state index in [1.807, 2.05) is 18.2 Å². The van der Waals surface area contributed by atoms with E-state index < -0.39 is 96.3 Å². The largest absolute Gasteiger partial charge is 0.391 e. The molecule has 7 amide bonds. The summed E-state index contributed by atoms with van der Waals surface area (Å²) in [6.07, 6.45) is -1.79. The first-order valence-electron chi connectivity index (χ1n) is 24.4. The minimum absolute atomic E-state index is 0.00182. The van der Waals surface area contributed by atoms with Gasteiger partial charge in [-0.15, -0.1) is 22.7 Å². The van der Waals surface area contributed by atoms with Crippen LogP contribution in [-0.4, -0.2) is 149 Å². The lowest BCUT2D eigenvalue weighted by atomic mass is 9.96. The van der Waals surface area contributed by atoms with Gasteiger partial charge in [0.1, 0.15) is 51.9 Å². The number of thiazole rings is 2. The molecule has 0 bridgehead atoms. The Bertz CT molecular complexity index is 2800. The molecule has 5 aromatic rings. The molecule has 4 aromatic heterocycles. The number of nitrogens with zero attached hydrogens (tertiary/aromatic N) is 5. The average molecular weight is 1110 g/mol. The molecule has 416 valence electrons. The molecule has 1 aromatic carbocycles. The van der Waals surface area contributed by atoms with Gasteiger partial charge in [0.2, 0.25) is 29.5 Å². The fourth-order valence-corrected chi connectivity index (χ4v) is 9.14. The number of hydrogen-bond acceptors (Lipinski definition) is 21. The van der Waals surface area contributed by atoms with Crippen molar-refractivity contribution in [1.29, 1.82) is 0 Å². The number of amides is 7. The lowest BCUT2D eigenvalue weighted by Crippen LogP contribution is -2.57. The maximum absolute atomic E-state index is 13.9. The normalized spacial score (nSPS) is 15.3. The van der Waals surface area contributed by atoms with E-state index in [1.54, 1.807) is 10.8 Å². The highest BCUT2D eigenvalue weighted by Gasteiger charge is 2.37. The molecule has 10 unspecified atom stereocenters. The van der Waals surface area contributed by atoms with Crippen LogP contribution in [0.15, 0.2) is 53.6 Å². The van der Waals surface area contributed by atoms with E-state index >= 15 is 0 Å². The number of hydrogen-bond donors (Lipinski definition) is 15. The van der Waals surface area contributed by atoms with Crippen LogP contribution < -0.4 is 60.2 Å². The number of anilines is 1. The summed E-state index contributed by atoms with van der Waals surface area (Å²) in [5.74, 6) is -7.34. The lowest BCUT2D eigenvalue weighted by molar-refractivity contribution is -0.136. The SMILES string of the molecule is Cc1c(N)nc(C(CC(N)=O)NCC(N)C(N)=O)nc1C(=O)NC(C(=O)NC(C)C(O)C(C)C(=O)NC(C(=O)NCCc1nc(-c2nc(C(=O)NCCCNC(C)c3ccccc3)cs2)cs1)C(C)O)C(O)c1cnc[nH]1. The molecular formula is C48H67N17O10S2. The monoisotopic (exact) mass is 1110 g/mol. The van der Waals surface area contributed by atoms with Gasteiger partial charge in [-0.2, -0.15) is 0 Å². The Morgan fingerprint density at radius 2 is 1.51 bits per heavy atom. The first kappa shape index (κ1) is 60.5. The van der Waals surface area contributed by atoms with E-state index in [2.05, 4.69) is 86.2 Å². The van der Waals surface area contributed by atoms with Gasteiger partial charge in [-0.05, 0) is 46.2 Å². The Morgan fingerprint density at radius 3 is 2.17 bits per heavy atom. The summed E-state index contributed by atoms with van der Waals surface area (Å²) in [6, 6.07) is 3.46. The van der Waals surface area contributed by atoms with Gasteiger partial charge >= 0.3 is 0 Å². The highest BCUT2D eigenvalue weighted by Crippen LogP contribution is 2.26. The summed E-state index contributed by atoms with van der Waals surface area (Å²) in [5, 5.41) is 57.1. The molecule has 0 saturated heterocycles. The third kappa shape index (κ3) is 17.3. The molecule has 29 heteroatoms. The van der Waals surface area contributed by atoms with E-state index in [0.717, 1.165) is 13.0 Å². The topological polar surface area (TPSA) is 449 Å². The number of aromatic nitrogens is 6. The van der Waals surface area contributed by atoms with Crippen molar-refractivity contribution in [3.8, 4) is 10.7 Å². The van der Waals surface area contributed by atoms with Gasteiger partial charge in [-0.25, -0.2) is 24.9 Å². The van der Waals surface area contributed by atoms with Gasteiger partial charge in [0.05, 0.1) is 59.5 Å². The predicted molar refractivity (Wildman–Crippen MR) is 284 cm³/mol. The van der Waals surface area contributed by atoms with Gasteiger partial charge in [0.15, 0.2) is 0 Å². The number of primary amides is 2. The van der Waals surface area contributed by atoms with Gasteiger partial charge in [-0.1, -0.05) is 37.3 Å². The van der Waals surface area contributed by atoms with Crippen LogP contribution in [0, 0.1) is 12.8 Å². The Kier molecular flexibility index (Phi) is 22.5. The zero-order chi connectivity index (χ0) is 56.5. The van der Waals surface area contributed by atoms with E-state index in [1.165, 1.54) is 68.5 Å². The summed E-state index contributed by atoms with van der Waals surface area (Å²) in [6.45, 7) is 8.49. The fraction of sp³-hybridized carbons (Fsp3) is 0.458. The van der Waals surface area contributed by atoms with Crippen molar-refractivity contribution in [2.75, 3.05) is 31.9 Å². The molecule has 0 spiro atoms. The first-order valence-corrected chi connectivity index (χ1v) is 26.2. The lowest BCUT2D eigenvalue weighted by Gasteiger charge is -2.30. The number of nitrogens with one attached hydrogen (secondary N) is 8. The first-order chi connectivity index (χ1) is 36.6. The molecule has 0 saturated carbocycles. The van der Waals surface area contributed by atoms with Crippen LogP contribution in [0.3, 0.4) is 0 Å². The molecule has 19 N–H and O–H groups in total. The van der Waals surface area contributed by atoms with Crippen LogP contribution in [-0.2, 0) is 30.4 Å². The Labute approximate surface area is 451 Å². The number of imidazole rings is 1. The number of aromatic amines is 1. The number of aliphatic hydroxyl groups excluding tert-OH is 3. The quantitative estimate of drug-likeness (QED) is 0.0222. The molecule has 27 nitrogen and oxygen atoms in total. The van der Waals surface area contributed by atoms with Crippen LogP contribution in [0.25, 0.3) is 10.7 Å². The summed E-state index contributed by atoms with van der Waals surface area (Å²) in [5.41, 5.74) is 24.2. The molecule has 0 fully saturated rings. The highest BCUT2D eigenvalue weighted by molar-refractivity contribution is 7.14. The maximum Gasteiger partial charge on any atom is 0.271 e. The molecule has 0 aliphatic rings. The third-order valence-electron chi connectivity index (χ3n) is 12.2. The molecule has 0 radical (unpaired) electrons. The zero-order valence-corrected chi connectivity index (χ0v) is 44.6. The summed E-state index contributed by atoms with van der Waals surface area (Å²) < 4.78 is 0. The zero-order valence-electron chi connectivity index (χ0n) is 43.0. The number of carbonyl (C=O) groups excluding carboxylic acids is 7. The Morgan fingerprint density at radius 1 is 0.779 bits per heavy atom. The van der Waals surface area contributed by atoms with Crippen molar-refractivity contribution >= 4 is 69.8 Å². The molecule has 5 rings (SSSR count). The minimum Gasteiger partial charge on any atom is -0.391 e. The Balaban J connectivity index is 1.14. The van der Waals surface area contributed by atoms with Crippen molar-refractivity contribution in [3.05, 3.63) is 92.7 Å². The summed E-state index contributed by atoms with van der Waals surface area (Å²) >= 11 is 2.60. The third-order valence-corrected chi connectivity index (χ3v) is 14.0. The smallest absolute Gasteiger partial charge is 0.271 e. The van der Waals surface area contributed by atoms with Crippen molar-refractivity contribution in [3.63, 3.8) is 0 Å². The van der Waals surface area contributed by atoms with E-state index in [0.29, 0.717) is 22.3 Å². The van der Waals surface area contributed by atoms with Crippen LogP contribution in [0.5, 0.6) is 0 Å². The predicted octanol–water partition coefficient (Wildman–Crippen LogP) is -1.98. The maximum atomic E-state index is 13.9. The van der Waals surface area contributed by atoms with Crippen molar-refractivity contribution < 1.29 is 48.9 Å². The van der Waals surface area contributed by atoms with Crippen LogP contribution >= 0.6 is 22.7 Å². The van der Waals surface area contributed by atoms with Crippen LogP contribution in [0.4, 0.5) is 5.82 Å². The number of nitrogen functional groups attached to an aromatic ring is 1. The molecular weight excluding hydrogens is 1040 g/mol. The van der Waals surface area contributed by atoms with E-state index in [-0.39, 0.29) is 65.7 Å². The van der Waals surface area contributed by atoms with Crippen molar-refractivity contribution in [2.45, 2.75) is 108 Å². The van der Waals surface area contributed by atoms with E-state index in [9.17, 15) is 48.9 Å². The Hall–Kier alpha value is -7.38. The molecule has 0 aliphatic carbocycles. The number of rotatable bonds is 30. The number of carbonyl (C=O) groups is 7. The average Bonchev–Trinajstić information content (AvgIpc) is 4.22. The summed E-state index contributed by atoms with van der Waals surface area (Å²) in [4.78, 5) is 115. The number of aliphatic hydroxyl groups is 3. The number of H-pyrrole nitrogens is 1. The van der Waals surface area contributed by atoms with Crippen molar-refractivity contribution in [2.24, 2.45) is 23.1 Å². The second-order valence-corrected chi connectivity index (χ2v) is 20.0. The molecule has 4 heterocycles. The van der Waals surface area contributed by atoms with Gasteiger partial charge in [-0.3, -0.25) is 33.6 Å². The second-order valence-electron chi connectivity index (χ2n) is 18.2. The number of nitrogens with two attached hydrogens (primary N) is 4. The second kappa shape index (κ2) is 28.7. The fourth-order valence-electron chi connectivity index (χ4n) is 7.52. The van der Waals surface area contributed by atoms with Gasteiger partial charge in [0, 0.05) is 54.8 Å². The summed E-state index contributed by atoms with van der Waals surface area (Å²) in [7, 11) is 0. The van der Waals surface area contributed by atoms with Gasteiger partial charge < -0.3 is 80.5 Å². The van der Waals surface area contributed by atoms with Gasteiger partial charge in [0.25, 0.3) is 11.8 Å². The molecule has 0 aliphatic heterocycles. The highest BCUT2D eigenvalue weighted by atomic mass is 32.1.